The van der Waals surface area contributed by atoms with Crippen molar-refractivity contribution in [2.45, 2.75) is 57.5 Å². The van der Waals surface area contributed by atoms with Gasteiger partial charge in [-0.25, -0.2) is 9.59 Å². The van der Waals surface area contributed by atoms with Crippen LogP contribution >= 0.6 is 0 Å². The third-order valence-electron chi connectivity index (χ3n) is 6.87. The summed E-state index contributed by atoms with van der Waals surface area (Å²) in [5, 5.41) is 12.4. The fraction of sp³-hybridized carbons (Fsp3) is 0.444. The summed E-state index contributed by atoms with van der Waals surface area (Å²) in [5.41, 5.74) is 4.51. The normalized spacial score (nSPS) is 18.6. The lowest BCUT2D eigenvalue weighted by Crippen LogP contribution is -2.55. The van der Waals surface area contributed by atoms with Crippen LogP contribution in [-0.4, -0.2) is 53.2 Å². The Kier molecular flexibility index (Phi) is 7.20. The van der Waals surface area contributed by atoms with Crippen LogP contribution in [0.2, 0.25) is 0 Å². The molecule has 1 saturated heterocycles. The van der Waals surface area contributed by atoms with E-state index in [9.17, 15) is 19.5 Å². The Hall–Kier alpha value is -3.35. The summed E-state index contributed by atoms with van der Waals surface area (Å²) in [5.74, 6) is -1.66. The van der Waals surface area contributed by atoms with Gasteiger partial charge in [0.05, 0.1) is 0 Å². The second kappa shape index (κ2) is 10.3. The van der Waals surface area contributed by atoms with Crippen molar-refractivity contribution < 1.29 is 24.2 Å². The molecule has 1 aliphatic carbocycles. The highest BCUT2D eigenvalue weighted by Gasteiger charge is 2.37. The molecule has 2 unspecified atom stereocenters. The Morgan fingerprint density at radius 2 is 1.62 bits per heavy atom. The number of ether oxygens (including phenoxy) is 1. The van der Waals surface area contributed by atoms with Gasteiger partial charge in [-0.2, -0.15) is 0 Å². The van der Waals surface area contributed by atoms with E-state index in [1.54, 1.807) is 0 Å². The van der Waals surface area contributed by atoms with E-state index in [1.165, 1.54) is 4.90 Å². The van der Waals surface area contributed by atoms with Gasteiger partial charge in [0.15, 0.2) is 0 Å². The summed E-state index contributed by atoms with van der Waals surface area (Å²) in [6.45, 7) is 4.20. The van der Waals surface area contributed by atoms with E-state index in [4.69, 9.17) is 4.74 Å². The van der Waals surface area contributed by atoms with Crippen molar-refractivity contribution in [3.63, 3.8) is 0 Å². The van der Waals surface area contributed by atoms with Gasteiger partial charge in [-0.3, -0.25) is 4.79 Å². The Morgan fingerprint density at radius 3 is 2.21 bits per heavy atom. The third kappa shape index (κ3) is 4.79. The highest BCUT2D eigenvalue weighted by Crippen LogP contribution is 2.44. The summed E-state index contributed by atoms with van der Waals surface area (Å²) in [7, 11) is 0. The monoisotopic (exact) mass is 464 g/mol. The summed E-state index contributed by atoms with van der Waals surface area (Å²) in [4.78, 5) is 39.3. The average molecular weight is 465 g/mol. The Bertz CT molecular complexity index is 1020. The van der Waals surface area contributed by atoms with Crippen LogP contribution in [0.3, 0.4) is 0 Å². The van der Waals surface area contributed by atoms with Crippen molar-refractivity contribution in [1.82, 2.24) is 10.2 Å². The van der Waals surface area contributed by atoms with Crippen LogP contribution in [0.25, 0.3) is 11.1 Å². The van der Waals surface area contributed by atoms with Crippen molar-refractivity contribution in [3.8, 4) is 11.1 Å². The van der Waals surface area contributed by atoms with Crippen LogP contribution < -0.4 is 5.32 Å². The molecule has 0 aromatic heterocycles. The average Bonchev–Trinajstić information content (AvgIpc) is 2.96. The first kappa shape index (κ1) is 23.8. The number of amides is 2. The summed E-state index contributed by atoms with van der Waals surface area (Å²) in [6.07, 6.45) is 2.17. The zero-order valence-electron chi connectivity index (χ0n) is 19.7. The van der Waals surface area contributed by atoms with Crippen LogP contribution in [0.5, 0.6) is 0 Å². The lowest BCUT2D eigenvalue weighted by atomic mass is 9.98. The van der Waals surface area contributed by atoms with Gasteiger partial charge in [0.25, 0.3) is 0 Å². The van der Waals surface area contributed by atoms with Gasteiger partial charge in [0.1, 0.15) is 18.7 Å². The first-order chi connectivity index (χ1) is 16.4. The number of nitrogens with zero attached hydrogens (tertiary/aromatic N) is 1. The molecule has 4 rings (SSSR count). The summed E-state index contributed by atoms with van der Waals surface area (Å²) >= 11 is 0. The molecule has 0 radical (unpaired) electrons. The second-order valence-corrected chi connectivity index (χ2v) is 9.43. The SMILES string of the molecule is CC(C)C(NC(=O)OCC1c2ccccc2-c2ccccc21)C(=O)N1CCCCCC1C(=O)O. The number of fused-ring (bicyclic) bond motifs is 3. The largest absolute Gasteiger partial charge is 0.480 e. The Balaban J connectivity index is 1.45. The molecule has 7 heteroatoms. The molecule has 0 saturated carbocycles. The second-order valence-electron chi connectivity index (χ2n) is 9.43. The van der Waals surface area contributed by atoms with Gasteiger partial charge < -0.3 is 20.1 Å². The predicted molar refractivity (Wildman–Crippen MR) is 128 cm³/mol. The van der Waals surface area contributed by atoms with Crippen LogP contribution in [0.15, 0.2) is 48.5 Å². The van der Waals surface area contributed by atoms with Crippen LogP contribution in [0.1, 0.15) is 56.6 Å². The third-order valence-corrected chi connectivity index (χ3v) is 6.87. The minimum absolute atomic E-state index is 0.0756. The number of carboxylic acid groups (broad SMARTS) is 1. The highest BCUT2D eigenvalue weighted by molar-refractivity contribution is 5.89. The lowest BCUT2D eigenvalue weighted by Gasteiger charge is -2.32. The van der Waals surface area contributed by atoms with Gasteiger partial charge in [-0.1, -0.05) is 75.2 Å². The molecule has 180 valence electrons. The number of aliphatic carboxylic acids is 1. The Morgan fingerprint density at radius 1 is 1.00 bits per heavy atom. The number of hydrogen-bond acceptors (Lipinski definition) is 4. The van der Waals surface area contributed by atoms with Crippen molar-refractivity contribution in [1.29, 1.82) is 0 Å². The zero-order valence-corrected chi connectivity index (χ0v) is 19.7. The van der Waals surface area contributed by atoms with Crippen LogP contribution in [-0.2, 0) is 14.3 Å². The van der Waals surface area contributed by atoms with Crippen molar-refractivity contribution >= 4 is 18.0 Å². The van der Waals surface area contributed by atoms with E-state index in [0.29, 0.717) is 13.0 Å². The van der Waals surface area contributed by atoms with Gasteiger partial charge in [0.2, 0.25) is 5.91 Å². The quantitative estimate of drug-likeness (QED) is 0.660. The first-order valence-corrected chi connectivity index (χ1v) is 12.0. The minimum Gasteiger partial charge on any atom is -0.480 e. The number of carbonyl (C=O) groups excluding carboxylic acids is 2. The van der Waals surface area contributed by atoms with E-state index in [0.717, 1.165) is 41.5 Å². The standard InChI is InChI=1S/C27H32N2O5/c1-17(2)24(25(30)29-15-9-3-4-14-23(29)26(31)32)28-27(33)34-16-22-20-12-7-5-10-18(20)19-11-6-8-13-21(19)22/h5-8,10-13,17,22-24H,3-4,9,14-16H2,1-2H3,(H,28,33)(H,31,32). The van der Waals surface area contributed by atoms with Crippen molar-refractivity contribution in [2.75, 3.05) is 13.2 Å². The van der Waals surface area contributed by atoms with Crippen molar-refractivity contribution in [3.05, 3.63) is 59.7 Å². The fourth-order valence-corrected chi connectivity index (χ4v) is 5.09. The molecule has 2 aliphatic rings. The van der Waals surface area contributed by atoms with Crippen LogP contribution in [0, 0.1) is 5.92 Å². The van der Waals surface area contributed by atoms with E-state index in [1.807, 2.05) is 50.2 Å². The molecule has 2 aromatic carbocycles. The highest BCUT2D eigenvalue weighted by atomic mass is 16.5. The number of benzene rings is 2. The summed E-state index contributed by atoms with van der Waals surface area (Å²) in [6, 6.07) is 14.5. The molecule has 2 atom stereocenters. The lowest BCUT2D eigenvalue weighted by molar-refractivity contribution is -0.151. The maximum absolute atomic E-state index is 13.3. The zero-order chi connectivity index (χ0) is 24.2. The molecular formula is C27H32N2O5. The molecule has 1 heterocycles. The van der Waals surface area contributed by atoms with E-state index in [2.05, 4.69) is 17.4 Å². The molecule has 0 spiro atoms. The molecule has 34 heavy (non-hydrogen) atoms. The van der Waals surface area contributed by atoms with Crippen LogP contribution in [0.4, 0.5) is 4.79 Å². The van der Waals surface area contributed by atoms with E-state index >= 15 is 0 Å². The number of likely N-dealkylation sites (tertiary alicyclic amines) is 1. The topological polar surface area (TPSA) is 95.9 Å². The Labute approximate surface area is 200 Å². The number of rotatable bonds is 6. The molecule has 7 nitrogen and oxygen atoms in total. The molecule has 2 aromatic rings. The smallest absolute Gasteiger partial charge is 0.407 e. The number of hydrogen-bond donors (Lipinski definition) is 2. The van der Waals surface area contributed by atoms with Crippen molar-refractivity contribution in [2.24, 2.45) is 5.92 Å². The molecule has 1 fully saturated rings. The molecule has 2 N–H and O–H groups in total. The van der Waals surface area contributed by atoms with Gasteiger partial charge >= 0.3 is 12.1 Å². The minimum atomic E-state index is -1.00. The number of carboxylic acids is 1. The maximum atomic E-state index is 13.3. The molecule has 2 amide bonds. The molecule has 0 bridgehead atoms. The van der Waals surface area contributed by atoms with Gasteiger partial charge in [0, 0.05) is 12.5 Å². The van der Waals surface area contributed by atoms with E-state index < -0.39 is 24.1 Å². The number of nitrogens with one attached hydrogen (secondary N) is 1. The van der Waals surface area contributed by atoms with Gasteiger partial charge in [-0.15, -0.1) is 0 Å². The summed E-state index contributed by atoms with van der Waals surface area (Å²) < 4.78 is 5.62. The van der Waals surface area contributed by atoms with E-state index in [-0.39, 0.29) is 24.3 Å². The first-order valence-electron chi connectivity index (χ1n) is 12.0. The maximum Gasteiger partial charge on any atom is 0.407 e. The molecule has 1 aliphatic heterocycles. The predicted octanol–water partition coefficient (Wildman–Crippen LogP) is 4.41. The fourth-order valence-electron chi connectivity index (χ4n) is 5.09. The molecular weight excluding hydrogens is 432 g/mol. The number of carbonyl (C=O) groups is 3. The van der Waals surface area contributed by atoms with Gasteiger partial charge in [-0.05, 0) is 41.0 Å². The number of alkyl carbamates (subject to hydrolysis) is 1.